The van der Waals surface area contributed by atoms with Crippen molar-refractivity contribution in [2.75, 3.05) is 7.11 Å². The molecule has 0 aliphatic heterocycles. The number of sulfonamides is 1. The molecule has 1 heterocycles. The summed E-state index contributed by atoms with van der Waals surface area (Å²) in [4.78, 5) is 15.3. The van der Waals surface area contributed by atoms with Gasteiger partial charge in [-0.15, -0.1) is 11.3 Å². The third-order valence-corrected chi connectivity index (χ3v) is 5.89. The Labute approximate surface area is 130 Å². The average molecular weight is 334 g/mol. The molecule has 1 atom stereocenters. The summed E-state index contributed by atoms with van der Waals surface area (Å²) in [5.41, 5.74) is 1.16. The lowest BCUT2D eigenvalue weighted by molar-refractivity contribution is 0.0590. The summed E-state index contributed by atoms with van der Waals surface area (Å²) in [6.07, 6.45) is 2.76. The standard InChI is InChI=1S/C13H22N2O4S2/c1-9(2)6-5-7-10(3)15-21(17,18)13-11(12(16)19-4)14-8-20-13/h8-10,15H,5-7H2,1-4H3. The molecule has 0 saturated heterocycles. The van der Waals surface area contributed by atoms with Gasteiger partial charge in [0.05, 0.1) is 12.6 Å². The van der Waals surface area contributed by atoms with Crippen LogP contribution in [0.15, 0.2) is 9.72 Å². The van der Waals surface area contributed by atoms with Crippen LogP contribution in [0.25, 0.3) is 0 Å². The third kappa shape index (κ3) is 5.37. The van der Waals surface area contributed by atoms with Crippen molar-refractivity contribution in [2.24, 2.45) is 5.92 Å². The monoisotopic (exact) mass is 334 g/mol. The number of carbonyl (C=O) groups excluding carboxylic acids is 1. The Morgan fingerprint density at radius 3 is 2.62 bits per heavy atom. The quantitative estimate of drug-likeness (QED) is 0.738. The lowest BCUT2D eigenvalue weighted by atomic mass is 10.0. The zero-order chi connectivity index (χ0) is 16.0. The topological polar surface area (TPSA) is 85.4 Å². The maximum absolute atomic E-state index is 12.3. The minimum atomic E-state index is -3.75. The Bertz CT molecular complexity index is 566. The van der Waals surface area contributed by atoms with Gasteiger partial charge in [-0.3, -0.25) is 0 Å². The highest BCUT2D eigenvalue weighted by atomic mass is 32.2. The zero-order valence-electron chi connectivity index (χ0n) is 12.8. The molecule has 8 heteroatoms. The fraction of sp³-hybridized carbons (Fsp3) is 0.692. The number of nitrogens with zero attached hydrogens (tertiary/aromatic N) is 1. The van der Waals surface area contributed by atoms with Gasteiger partial charge in [0, 0.05) is 6.04 Å². The van der Waals surface area contributed by atoms with Crippen LogP contribution in [0.3, 0.4) is 0 Å². The van der Waals surface area contributed by atoms with E-state index in [2.05, 4.69) is 28.3 Å². The van der Waals surface area contributed by atoms with Crippen molar-refractivity contribution in [3.05, 3.63) is 11.2 Å². The van der Waals surface area contributed by atoms with Gasteiger partial charge >= 0.3 is 5.97 Å². The smallest absolute Gasteiger partial charge is 0.358 e. The van der Waals surface area contributed by atoms with Crippen molar-refractivity contribution in [2.45, 2.75) is 50.3 Å². The van der Waals surface area contributed by atoms with E-state index in [0.717, 1.165) is 30.6 Å². The Kier molecular flexibility index (Phi) is 6.76. The molecule has 0 saturated carbocycles. The van der Waals surface area contributed by atoms with Gasteiger partial charge in [-0.05, 0) is 19.3 Å². The van der Waals surface area contributed by atoms with E-state index in [1.807, 2.05) is 6.92 Å². The van der Waals surface area contributed by atoms with Crippen molar-refractivity contribution in [1.29, 1.82) is 0 Å². The number of ether oxygens (including phenoxy) is 1. The molecule has 0 aliphatic carbocycles. The van der Waals surface area contributed by atoms with Crippen LogP contribution in [0.4, 0.5) is 0 Å². The van der Waals surface area contributed by atoms with Crippen LogP contribution in [0.5, 0.6) is 0 Å². The zero-order valence-corrected chi connectivity index (χ0v) is 14.4. The first-order valence-corrected chi connectivity index (χ1v) is 9.18. The summed E-state index contributed by atoms with van der Waals surface area (Å²) in [7, 11) is -2.55. The maximum Gasteiger partial charge on any atom is 0.358 e. The lowest BCUT2D eigenvalue weighted by Crippen LogP contribution is -2.33. The van der Waals surface area contributed by atoms with Crippen molar-refractivity contribution < 1.29 is 17.9 Å². The van der Waals surface area contributed by atoms with Gasteiger partial charge in [0.25, 0.3) is 10.0 Å². The molecule has 0 amide bonds. The molecular weight excluding hydrogens is 312 g/mol. The highest BCUT2D eigenvalue weighted by Gasteiger charge is 2.27. The number of thiazole rings is 1. The first-order chi connectivity index (χ1) is 9.77. The molecule has 0 fully saturated rings. The molecule has 0 bridgehead atoms. The molecule has 0 radical (unpaired) electrons. The fourth-order valence-corrected chi connectivity index (χ4v) is 4.30. The molecule has 1 N–H and O–H groups in total. The van der Waals surface area contributed by atoms with E-state index in [1.165, 1.54) is 12.6 Å². The number of hydrogen-bond acceptors (Lipinski definition) is 6. The first-order valence-electron chi connectivity index (χ1n) is 6.82. The Balaban J connectivity index is 2.74. The SMILES string of the molecule is COC(=O)c1ncsc1S(=O)(=O)NC(C)CCCC(C)C. The summed E-state index contributed by atoms with van der Waals surface area (Å²) < 4.78 is 31.6. The summed E-state index contributed by atoms with van der Waals surface area (Å²) >= 11 is 0.909. The second-order valence-electron chi connectivity index (χ2n) is 5.33. The van der Waals surface area contributed by atoms with Crippen molar-refractivity contribution in [1.82, 2.24) is 9.71 Å². The van der Waals surface area contributed by atoms with Gasteiger partial charge in [-0.1, -0.05) is 26.7 Å². The van der Waals surface area contributed by atoms with E-state index >= 15 is 0 Å². The minimum absolute atomic E-state index is 0.0925. The van der Waals surface area contributed by atoms with Crippen LogP contribution in [-0.4, -0.2) is 32.5 Å². The van der Waals surface area contributed by atoms with Crippen LogP contribution in [0.2, 0.25) is 0 Å². The van der Waals surface area contributed by atoms with Gasteiger partial charge in [0.2, 0.25) is 0 Å². The van der Waals surface area contributed by atoms with Gasteiger partial charge < -0.3 is 4.74 Å². The first kappa shape index (κ1) is 18.1. The fourth-order valence-electron chi connectivity index (χ4n) is 1.87. The van der Waals surface area contributed by atoms with Gasteiger partial charge in [-0.25, -0.2) is 22.9 Å². The lowest BCUT2D eigenvalue weighted by Gasteiger charge is -2.14. The van der Waals surface area contributed by atoms with E-state index < -0.39 is 16.0 Å². The van der Waals surface area contributed by atoms with Crippen molar-refractivity contribution in [3.63, 3.8) is 0 Å². The van der Waals surface area contributed by atoms with Crippen LogP contribution < -0.4 is 4.72 Å². The molecular formula is C13H22N2O4S2. The highest BCUT2D eigenvalue weighted by Crippen LogP contribution is 2.21. The number of aromatic nitrogens is 1. The number of methoxy groups -OCH3 is 1. The number of rotatable bonds is 8. The molecule has 6 nitrogen and oxygen atoms in total. The molecule has 1 aromatic rings. The third-order valence-electron chi connectivity index (χ3n) is 2.93. The normalized spacial score (nSPS) is 13.4. The van der Waals surface area contributed by atoms with E-state index in [4.69, 9.17) is 0 Å². The van der Waals surface area contributed by atoms with Crippen LogP contribution >= 0.6 is 11.3 Å². The van der Waals surface area contributed by atoms with Gasteiger partial charge in [0.1, 0.15) is 0 Å². The molecule has 0 spiro atoms. The number of nitrogens with one attached hydrogen (secondary N) is 1. The minimum Gasteiger partial charge on any atom is -0.464 e. The molecule has 1 rings (SSSR count). The second kappa shape index (κ2) is 7.86. The predicted molar refractivity (Wildman–Crippen MR) is 81.9 cm³/mol. The Hall–Kier alpha value is -0.990. The Morgan fingerprint density at radius 1 is 1.38 bits per heavy atom. The van der Waals surface area contributed by atoms with Gasteiger partial charge in [-0.2, -0.15) is 0 Å². The molecule has 1 aromatic heterocycles. The number of carbonyl (C=O) groups is 1. The van der Waals surface area contributed by atoms with Crippen molar-refractivity contribution >= 4 is 27.3 Å². The van der Waals surface area contributed by atoms with Crippen LogP contribution in [0.1, 0.15) is 50.5 Å². The summed E-state index contributed by atoms with van der Waals surface area (Å²) in [5.74, 6) is -0.148. The maximum atomic E-state index is 12.3. The van der Waals surface area contributed by atoms with E-state index in [1.54, 1.807) is 0 Å². The van der Waals surface area contributed by atoms with Crippen LogP contribution in [-0.2, 0) is 14.8 Å². The van der Waals surface area contributed by atoms with Crippen LogP contribution in [0, 0.1) is 5.92 Å². The molecule has 0 aliphatic rings. The van der Waals surface area contributed by atoms with Crippen molar-refractivity contribution in [3.8, 4) is 0 Å². The largest absolute Gasteiger partial charge is 0.464 e. The predicted octanol–water partition coefficient (Wildman–Crippen LogP) is 2.42. The summed E-state index contributed by atoms with van der Waals surface area (Å²) in [6.45, 7) is 6.08. The number of hydrogen-bond donors (Lipinski definition) is 1. The molecule has 120 valence electrons. The highest BCUT2D eigenvalue weighted by molar-refractivity contribution is 7.91. The Morgan fingerprint density at radius 2 is 2.05 bits per heavy atom. The van der Waals surface area contributed by atoms with E-state index in [0.29, 0.717) is 5.92 Å². The molecule has 1 unspecified atom stereocenters. The number of esters is 1. The summed E-state index contributed by atoms with van der Waals surface area (Å²) in [6, 6.07) is -0.193. The van der Waals surface area contributed by atoms with Gasteiger partial charge in [0.15, 0.2) is 9.90 Å². The molecule has 21 heavy (non-hydrogen) atoms. The molecule has 0 aromatic carbocycles. The second-order valence-corrected chi connectivity index (χ2v) is 8.09. The summed E-state index contributed by atoms with van der Waals surface area (Å²) in [5, 5.41) is 0. The average Bonchev–Trinajstić information content (AvgIpc) is 2.86. The van der Waals surface area contributed by atoms with E-state index in [-0.39, 0.29) is 15.9 Å². The van der Waals surface area contributed by atoms with E-state index in [9.17, 15) is 13.2 Å².